The standard InChI is InChI=1S/C26H36N2O4S/c1-4-27(5-2)33(30,31)24-17-10-21(11-18-24)12-19-26(29)28-20-8-6-7-9-25(28)22-13-15-23(32-3)16-14-22/h10-11,13-18,25H,4-9,12,19-20H2,1-3H3/t25-/m0/s1. The number of hydrogen-bond acceptors (Lipinski definition) is 4. The average molecular weight is 473 g/mol. The monoisotopic (exact) mass is 472 g/mol. The number of methoxy groups -OCH3 is 1. The van der Waals surface area contributed by atoms with Crippen molar-refractivity contribution in [1.82, 2.24) is 9.21 Å². The van der Waals surface area contributed by atoms with E-state index in [1.807, 2.05) is 43.0 Å². The maximum Gasteiger partial charge on any atom is 0.243 e. The van der Waals surface area contributed by atoms with Gasteiger partial charge in [-0.05, 0) is 54.7 Å². The third-order valence-electron chi connectivity index (χ3n) is 6.47. The molecule has 1 aliphatic heterocycles. The van der Waals surface area contributed by atoms with Crippen molar-refractivity contribution in [3.05, 3.63) is 59.7 Å². The Morgan fingerprint density at radius 2 is 1.67 bits per heavy atom. The lowest BCUT2D eigenvalue weighted by molar-refractivity contribution is -0.133. The molecule has 1 saturated heterocycles. The summed E-state index contributed by atoms with van der Waals surface area (Å²) < 4.78 is 32.1. The lowest BCUT2D eigenvalue weighted by Gasteiger charge is -2.31. The number of carbonyl (C=O) groups is 1. The van der Waals surface area contributed by atoms with Crippen LogP contribution >= 0.6 is 0 Å². The fraction of sp³-hybridized carbons (Fsp3) is 0.500. The van der Waals surface area contributed by atoms with Crippen LogP contribution < -0.4 is 4.74 Å². The quantitative estimate of drug-likeness (QED) is 0.526. The molecule has 1 fully saturated rings. The number of aryl methyl sites for hydroxylation is 1. The van der Waals surface area contributed by atoms with E-state index in [9.17, 15) is 13.2 Å². The number of likely N-dealkylation sites (tertiary alicyclic amines) is 1. The van der Waals surface area contributed by atoms with Crippen LogP contribution in [0.5, 0.6) is 5.75 Å². The zero-order valence-electron chi connectivity index (χ0n) is 20.0. The van der Waals surface area contributed by atoms with E-state index in [1.165, 1.54) is 4.31 Å². The molecule has 1 aliphatic rings. The number of amides is 1. The molecule has 0 aromatic heterocycles. The molecule has 0 N–H and O–H groups in total. The molecule has 2 aromatic rings. The summed E-state index contributed by atoms with van der Waals surface area (Å²) in [5.41, 5.74) is 2.12. The molecule has 1 heterocycles. The van der Waals surface area contributed by atoms with Crippen LogP contribution in [-0.2, 0) is 21.2 Å². The van der Waals surface area contributed by atoms with Crippen LogP contribution in [0.2, 0.25) is 0 Å². The smallest absolute Gasteiger partial charge is 0.243 e. The summed E-state index contributed by atoms with van der Waals surface area (Å²) in [6.45, 7) is 5.34. The van der Waals surface area contributed by atoms with E-state index in [0.29, 0.717) is 30.8 Å². The number of nitrogens with zero attached hydrogens (tertiary/aromatic N) is 2. The van der Waals surface area contributed by atoms with Gasteiger partial charge in [0, 0.05) is 26.1 Å². The second-order valence-corrected chi connectivity index (χ2v) is 10.4. The Labute approximate surface area is 198 Å². The molecule has 0 saturated carbocycles. The van der Waals surface area contributed by atoms with E-state index in [1.54, 1.807) is 19.2 Å². The van der Waals surface area contributed by atoms with Crippen LogP contribution in [0.3, 0.4) is 0 Å². The number of carbonyl (C=O) groups excluding carboxylic acids is 1. The molecule has 1 amide bonds. The molecule has 3 rings (SSSR count). The molecule has 0 radical (unpaired) electrons. The van der Waals surface area contributed by atoms with Crippen molar-refractivity contribution < 1.29 is 17.9 Å². The Morgan fingerprint density at radius 1 is 1.00 bits per heavy atom. The molecule has 0 aliphatic carbocycles. The number of sulfonamides is 1. The highest BCUT2D eigenvalue weighted by molar-refractivity contribution is 7.89. The van der Waals surface area contributed by atoms with E-state index >= 15 is 0 Å². The number of ether oxygens (including phenoxy) is 1. The van der Waals surface area contributed by atoms with Gasteiger partial charge in [-0.25, -0.2) is 8.42 Å². The molecular weight excluding hydrogens is 436 g/mol. The SMILES string of the molecule is CCN(CC)S(=O)(=O)c1ccc(CCC(=O)N2CCCCC[C@H]2c2ccc(OC)cc2)cc1. The Balaban J connectivity index is 1.67. The van der Waals surface area contributed by atoms with Crippen molar-refractivity contribution in [3.63, 3.8) is 0 Å². The van der Waals surface area contributed by atoms with Crippen LogP contribution in [0.1, 0.15) is 63.1 Å². The Hall–Kier alpha value is -2.38. The van der Waals surface area contributed by atoms with Gasteiger partial charge in [-0.15, -0.1) is 0 Å². The number of benzene rings is 2. The molecular formula is C26H36N2O4S. The van der Waals surface area contributed by atoms with E-state index in [0.717, 1.165) is 49.1 Å². The van der Waals surface area contributed by atoms with Crippen molar-refractivity contribution in [3.8, 4) is 5.75 Å². The summed E-state index contributed by atoms with van der Waals surface area (Å²) in [5, 5.41) is 0. The predicted octanol–water partition coefficient (Wildman–Crippen LogP) is 4.80. The summed E-state index contributed by atoms with van der Waals surface area (Å²) in [5.74, 6) is 0.967. The molecule has 1 atom stereocenters. The average Bonchev–Trinajstić information content (AvgIpc) is 3.10. The van der Waals surface area contributed by atoms with Crippen molar-refractivity contribution in [2.75, 3.05) is 26.7 Å². The van der Waals surface area contributed by atoms with Crippen LogP contribution in [0.4, 0.5) is 0 Å². The molecule has 180 valence electrons. The van der Waals surface area contributed by atoms with Gasteiger partial charge in [-0.1, -0.05) is 51.0 Å². The Kier molecular flexibility index (Phi) is 8.92. The first-order valence-corrected chi connectivity index (χ1v) is 13.4. The first kappa shape index (κ1) is 25.2. The van der Waals surface area contributed by atoms with Crippen LogP contribution in [0.25, 0.3) is 0 Å². The van der Waals surface area contributed by atoms with Gasteiger partial charge in [0.1, 0.15) is 5.75 Å². The van der Waals surface area contributed by atoms with Crippen LogP contribution in [0, 0.1) is 0 Å². The van der Waals surface area contributed by atoms with Gasteiger partial charge >= 0.3 is 0 Å². The fourth-order valence-corrected chi connectivity index (χ4v) is 5.97. The summed E-state index contributed by atoms with van der Waals surface area (Å²) >= 11 is 0. The van der Waals surface area contributed by atoms with Crippen LogP contribution in [0.15, 0.2) is 53.4 Å². The second kappa shape index (κ2) is 11.7. The molecule has 0 unspecified atom stereocenters. The van der Waals surface area contributed by atoms with Gasteiger partial charge in [-0.2, -0.15) is 4.31 Å². The Morgan fingerprint density at radius 3 is 2.27 bits per heavy atom. The normalized spacial score (nSPS) is 17.1. The second-order valence-electron chi connectivity index (χ2n) is 8.46. The van der Waals surface area contributed by atoms with E-state index in [4.69, 9.17) is 4.74 Å². The molecule has 7 heteroatoms. The minimum atomic E-state index is -3.46. The highest BCUT2D eigenvalue weighted by Gasteiger charge is 2.27. The van der Waals surface area contributed by atoms with Gasteiger partial charge in [0.05, 0.1) is 18.0 Å². The summed E-state index contributed by atoms with van der Waals surface area (Å²) in [6, 6.07) is 15.1. The van der Waals surface area contributed by atoms with Crippen molar-refractivity contribution in [2.24, 2.45) is 0 Å². The maximum atomic E-state index is 13.2. The summed E-state index contributed by atoms with van der Waals surface area (Å²) in [6.07, 6.45) is 5.25. The van der Waals surface area contributed by atoms with E-state index in [2.05, 4.69) is 12.1 Å². The van der Waals surface area contributed by atoms with Crippen molar-refractivity contribution >= 4 is 15.9 Å². The number of hydrogen-bond donors (Lipinski definition) is 0. The molecule has 6 nitrogen and oxygen atoms in total. The highest BCUT2D eigenvalue weighted by atomic mass is 32.2. The first-order valence-electron chi connectivity index (χ1n) is 11.9. The van der Waals surface area contributed by atoms with Crippen molar-refractivity contribution in [2.45, 2.75) is 63.3 Å². The first-order chi connectivity index (χ1) is 15.9. The van der Waals surface area contributed by atoms with Gasteiger partial charge in [0.2, 0.25) is 15.9 Å². The highest BCUT2D eigenvalue weighted by Crippen LogP contribution is 2.32. The minimum Gasteiger partial charge on any atom is -0.497 e. The third kappa shape index (κ3) is 6.15. The lowest BCUT2D eigenvalue weighted by Crippen LogP contribution is -2.35. The molecule has 2 aromatic carbocycles. The van der Waals surface area contributed by atoms with E-state index < -0.39 is 10.0 Å². The summed E-state index contributed by atoms with van der Waals surface area (Å²) in [4.78, 5) is 15.6. The van der Waals surface area contributed by atoms with Gasteiger partial charge in [0.15, 0.2) is 0 Å². The van der Waals surface area contributed by atoms with Gasteiger partial charge < -0.3 is 9.64 Å². The minimum absolute atomic E-state index is 0.0903. The summed E-state index contributed by atoms with van der Waals surface area (Å²) in [7, 11) is -1.81. The zero-order valence-corrected chi connectivity index (χ0v) is 20.8. The lowest BCUT2D eigenvalue weighted by atomic mass is 10.00. The Bertz CT molecular complexity index is 1000. The molecule has 0 spiro atoms. The van der Waals surface area contributed by atoms with Crippen molar-refractivity contribution in [1.29, 1.82) is 0 Å². The van der Waals surface area contributed by atoms with Gasteiger partial charge in [-0.3, -0.25) is 4.79 Å². The predicted molar refractivity (Wildman–Crippen MR) is 131 cm³/mol. The van der Waals surface area contributed by atoms with Crippen LogP contribution in [-0.4, -0.2) is 50.3 Å². The fourth-order valence-electron chi connectivity index (χ4n) is 4.52. The molecule has 33 heavy (non-hydrogen) atoms. The zero-order chi connectivity index (χ0) is 23.8. The largest absolute Gasteiger partial charge is 0.497 e. The van der Waals surface area contributed by atoms with Gasteiger partial charge in [0.25, 0.3) is 0 Å². The molecule has 0 bridgehead atoms. The van der Waals surface area contributed by atoms with E-state index in [-0.39, 0.29) is 11.9 Å². The third-order valence-corrected chi connectivity index (χ3v) is 8.53. The number of rotatable bonds is 9. The maximum absolute atomic E-state index is 13.2. The topological polar surface area (TPSA) is 66.9 Å².